The third-order valence-corrected chi connectivity index (χ3v) is 2.69. The van der Waals surface area contributed by atoms with Crippen molar-refractivity contribution in [1.29, 1.82) is 0 Å². The number of hydrogen-bond donors (Lipinski definition) is 0. The number of carbonyl (C=O) groups excluding carboxylic acids is 1. The van der Waals surface area contributed by atoms with E-state index in [1.807, 2.05) is 17.7 Å². The maximum atomic E-state index is 11.6. The molecule has 1 aromatic heterocycles. The molecule has 0 bridgehead atoms. The van der Waals surface area contributed by atoms with Gasteiger partial charge in [0.05, 0.1) is 0 Å². The van der Waals surface area contributed by atoms with Crippen LogP contribution in [0.3, 0.4) is 0 Å². The largest absolute Gasteiger partial charge is 0.328 e. The van der Waals surface area contributed by atoms with Gasteiger partial charge in [-0.15, -0.1) is 0 Å². The smallest absolute Gasteiger partial charge is 0.201 e. The molecule has 1 aliphatic heterocycles. The van der Waals surface area contributed by atoms with Crippen molar-refractivity contribution in [3.8, 4) is 0 Å². The van der Waals surface area contributed by atoms with Crippen LogP contribution in [-0.4, -0.2) is 15.3 Å². The van der Waals surface area contributed by atoms with Crippen molar-refractivity contribution < 1.29 is 4.79 Å². The zero-order valence-electron chi connectivity index (χ0n) is 7.32. The van der Waals surface area contributed by atoms with Gasteiger partial charge in [0.1, 0.15) is 0 Å². The Morgan fingerprint density at radius 1 is 1.58 bits per heavy atom. The summed E-state index contributed by atoms with van der Waals surface area (Å²) >= 11 is 0. The van der Waals surface area contributed by atoms with Gasteiger partial charge in [-0.25, -0.2) is 4.98 Å². The lowest BCUT2D eigenvalue weighted by atomic mass is 9.88. The molecular weight excluding hydrogens is 152 g/mol. The van der Waals surface area contributed by atoms with E-state index in [4.69, 9.17) is 0 Å². The number of Topliss-reactive ketones (excluding diaryl/α,β-unsaturated/α-hetero) is 1. The fourth-order valence-electron chi connectivity index (χ4n) is 1.61. The van der Waals surface area contributed by atoms with Gasteiger partial charge < -0.3 is 4.57 Å². The first kappa shape index (κ1) is 7.53. The fourth-order valence-corrected chi connectivity index (χ4v) is 1.61. The lowest BCUT2D eigenvalue weighted by Gasteiger charge is -2.25. The Bertz CT molecular complexity index is 316. The molecule has 2 atom stereocenters. The van der Waals surface area contributed by atoms with Crippen molar-refractivity contribution in [2.75, 3.05) is 0 Å². The van der Waals surface area contributed by atoms with Crippen LogP contribution in [0.4, 0.5) is 0 Å². The first-order chi connectivity index (χ1) is 5.70. The third-order valence-electron chi connectivity index (χ3n) is 2.69. The van der Waals surface area contributed by atoms with Crippen molar-refractivity contribution in [3.05, 3.63) is 18.2 Å². The number of ketones is 1. The lowest BCUT2D eigenvalue weighted by molar-refractivity contribution is 0.0835. The predicted octanol–water partition coefficient (Wildman–Crippen LogP) is 1.35. The van der Waals surface area contributed by atoms with Crippen LogP contribution in [0.15, 0.2) is 12.4 Å². The maximum absolute atomic E-state index is 11.6. The topological polar surface area (TPSA) is 34.9 Å². The Kier molecular flexibility index (Phi) is 1.53. The molecule has 0 saturated heterocycles. The molecule has 0 amide bonds. The molecule has 0 fully saturated rings. The number of hydrogen-bond acceptors (Lipinski definition) is 2. The van der Waals surface area contributed by atoms with E-state index in [1.54, 1.807) is 6.20 Å². The molecule has 1 aliphatic rings. The summed E-state index contributed by atoms with van der Waals surface area (Å²) in [7, 11) is 0. The van der Waals surface area contributed by atoms with Gasteiger partial charge in [-0.05, 0) is 5.92 Å². The summed E-state index contributed by atoms with van der Waals surface area (Å²) in [6.45, 7) is 5.00. The molecule has 2 rings (SSSR count). The van der Waals surface area contributed by atoms with E-state index in [1.165, 1.54) is 0 Å². The molecule has 2 unspecified atom stereocenters. The third kappa shape index (κ3) is 0.891. The summed E-state index contributed by atoms with van der Waals surface area (Å²) in [6.07, 6.45) is 3.56. The predicted molar refractivity (Wildman–Crippen MR) is 44.9 cm³/mol. The van der Waals surface area contributed by atoms with Crippen molar-refractivity contribution in [1.82, 2.24) is 9.55 Å². The van der Waals surface area contributed by atoms with E-state index in [2.05, 4.69) is 11.9 Å². The van der Waals surface area contributed by atoms with E-state index in [0.29, 0.717) is 11.7 Å². The van der Waals surface area contributed by atoms with Gasteiger partial charge in [-0.1, -0.05) is 13.8 Å². The van der Waals surface area contributed by atoms with Crippen molar-refractivity contribution >= 4 is 5.78 Å². The van der Waals surface area contributed by atoms with Crippen LogP contribution in [0, 0.1) is 11.8 Å². The van der Waals surface area contributed by atoms with Crippen LogP contribution < -0.4 is 0 Å². The summed E-state index contributed by atoms with van der Waals surface area (Å²) in [5, 5.41) is 0. The van der Waals surface area contributed by atoms with E-state index >= 15 is 0 Å². The number of imidazole rings is 1. The fraction of sp³-hybridized carbons (Fsp3) is 0.556. The van der Waals surface area contributed by atoms with E-state index < -0.39 is 0 Å². The van der Waals surface area contributed by atoms with E-state index in [9.17, 15) is 4.79 Å². The van der Waals surface area contributed by atoms with E-state index in [0.717, 1.165) is 6.54 Å². The van der Waals surface area contributed by atoms with Crippen molar-refractivity contribution in [2.45, 2.75) is 20.4 Å². The Balaban J connectivity index is 2.46. The van der Waals surface area contributed by atoms with Gasteiger partial charge in [0.25, 0.3) is 0 Å². The molecule has 0 aromatic carbocycles. The normalized spacial score (nSPS) is 28.7. The molecule has 64 valence electrons. The van der Waals surface area contributed by atoms with Gasteiger partial charge in [-0.3, -0.25) is 4.79 Å². The second-order valence-corrected chi connectivity index (χ2v) is 3.53. The van der Waals surface area contributed by atoms with E-state index in [-0.39, 0.29) is 11.7 Å². The number of fused-ring (bicyclic) bond motifs is 1. The van der Waals surface area contributed by atoms with Gasteiger partial charge in [0, 0.05) is 24.9 Å². The SMILES string of the molecule is CC1Cn2ccnc2C(=O)C1C. The van der Waals surface area contributed by atoms with Crippen LogP contribution in [0.1, 0.15) is 24.5 Å². The standard InChI is InChI=1S/C9H12N2O/c1-6-5-11-4-3-10-9(11)8(12)7(6)2/h3-4,6-7H,5H2,1-2H3. The maximum Gasteiger partial charge on any atom is 0.201 e. The summed E-state index contributed by atoms with van der Waals surface area (Å²) in [4.78, 5) is 15.6. The number of aromatic nitrogens is 2. The van der Waals surface area contributed by atoms with Crippen LogP contribution in [-0.2, 0) is 6.54 Å². The molecule has 0 radical (unpaired) electrons. The Morgan fingerprint density at radius 3 is 3.08 bits per heavy atom. The van der Waals surface area contributed by atoms with Crippen LogP contribution in [0.2, 0.25) is 0 Å². The highest BCUT2D eigenvalue weighted by Crippen LogP contribution is 2.23. The minimum absolute atomic E-state index is 0.125. The van der Waals surface area contributed by atoms with Crippen LogP contribution in [0.25, 0.3) is 0 Å². The zero-order valence-corrected chi connectivity index (χ0v) is 7.32. The first-order valence-electron chi connectivity index (χ1n) is 4.25. The average molecular weight is 164 g/mol. The summed E-state index contributed by atoms with van der Waals surface area (Å²) in [6, 6.07) is 0. The molecule has 12 heavy (non-hydrogen) atoms. The highest BCUT2D eigenvalue weighted by molar-refractivity contribution is 5.95. The monoisotopic (exact) mass is 164 g/mol. The molecular formula is C9H12N2O. The molecule has 1 aromatic rings. The van der Waals surface area contributed by atoms with Gasteiger partial charge in [-0.2, -0.15) is 0 Å². The Morgan fingerprint density at radius 2 is 2.33 bits per heavy atom. The van der Waals surface area contributed by atoms with Crippen molar-refractivity contribution in [3.63, 3.8) is 0 Å². The molecule has 0 aliphatic carbocycles. The highest BCUT2D eigenvalue weighted by Gasteiger charge is 2.30. The Labute approximate surface area is 71.4 Å². The lowest BCUT2D eigenvalue weighted by Crippen LogP contribution is -2.31. The minimum Gasteiger partial charge on any atom is -0.328 e. The van der Waals surface area contributed by atoms with Gasteiger partial charge >= 0.3 is 0 Å². The second kappa shape index (κ2) is 2.44. The molecule has 0 N–H and O–H groups in total. The van der Waals surface area contributed by atoms with Crippen molar-refractivity contribution in [2.24, 2.45) is 11.8 Å². The molecule has 0 spiro atoms. The molecule has 0 saturated carbocycles. The summed E-state index contributed by atoms with van der Waals surface area (Å²) in [5.41, 5.74) is 0. The summed E-state index contributed by atoms with van der Waals surface area (Å²) in [5.74, 6) is 1.36. The number of nitrogens with zero attached hydrogens (tertiary/aromatic N) is 2. The van der Waals surface area contributed by atoms with Gasteiger partial charge in [0.15, 0.2) is 5.82 Å². The van der Waals surface area contributed by atoms with Gasteiger partial charge in [0.2, 0.25) is 5.78 Å². The number of carbonyl (C=O) groups is 1. The molecule has 3 heteroatoms. The quantitative estimate of drug-likeness (QED) is 0.580. The highest BCUT2D eigenvalue weighted by atomic mass is 16.1. The number of rotatable bonds is 0. The second-order valence-electron chi connectivity index (χ2n) is 3.53. The average Bonchev–Trinajstić information content (AvgIpc) is 2.48. The van der Waals surface area contributed by atoms with Crippen LogP contribution >= 0.6 is 0 Å². The first-order valence-corrected chi connectivity index (χ1v) is 4.25. The zero-order chi connectivity index (χ0) is 8.72. The minimum atomic E-state index is 0.125. The Hall–Kier alpha value is -1.12. The van der Waals surface area contributed by atoms with Crippen LogP contribution in [0.5, 0.6) is 0 Å². The molecule has 2 heterocycles. The summed E-state index contributed by atoms with van der Waals surface area (Å²) < 4.78 is 1.94. The molecule has 3 nitrogen and oxygen atoms in total.